The Kier molecular flexibility index (Phi) is 7.42. The number of nitrogens with zero attached hydrogens (tertiary/aromatic N) is 2. The average Bonchev–Trinajstić information content (AvgIpc) is 3.33. The maximum absolute atomic E-state index is 13.7. The van der Waals surface area contributed by atoms with Gasteiger partial charge in [0.15, 0.2) is 5.69 Å². The maximum Gasteiger partial charge on any atom is 0.276 e. The van der Waals surface area contributed by atoms with Crippen LogP contribution in [0, 0.1) is 0 Å². The van der Waals surface area contributed by atoms with Gasteiger partial charge in [0, 0.05) is 37.7 Å². The molecule has 0 bridgehead atoms. The second-order valence-electron chi connectivity index (χ2n) is 8.72. The average molecular weight is 497 g/mol. The number of halogens is 2. The van der Waals surface area contributed by atoms with E-state index in [9.17, 15) is 23.2 Å². The molecule has 1 aliphatic rings. The van der Waals surface area contributed by atoms with Gasteiger partial charge in [-0.05, 0) is 29.7 Å². The summed E-state index contributed by atoms with van der Waals surface area (Å²) in [7, 11) is 0. The van der Waals surface area contributed by atoms with Crippen LogP contribution in [0.2, 0.25) is 0 Å². The number of alkyl halides is 2. The van der Waals surface area contributed by atoms with Crippen molar-refractivity contribution in [2.75, 3.05) is 18.4 Å². The van der Waals surface area contributed by atoms with E-state index in [0.717, 1.165) is 16.7 Å². The van der Waals surface area contributed by atoms with Crippen molar-refractivity contribution in [1.29, 1.82) is 0 Å². The van der Waals surface area contributed by atoms with Gasteiger partial charge in [-0.15, -0.1) is 0 Å². The lowest BCUT2D eigenvalue weighted by Gasteiger charge is -2.31. The van der Waals surface area contributed by atoms with Gasteiger partial charge in [0.2, 0.25) is 17.7 Å². The Morgan fingerprint density at radius 2 is 1.92 bits per heavy atom. The number of piperidine rings is 1. The van der Waals surface area contributed by atoms with Crippen LogP contribution in [0.25, 0.3) is 11.5 Å². The molecule has 1 saturated heterocycles. The number of amides is 3. The standard InChI is InChI=1S/C26H26F2N4O4/c1-17(33)30-21-13-19(8-9-20(21)14-29-23(34)12-18-6-3-2-4-7-18)24-31-22(15-36-24)25(35)32-11-5-10-26(27,28)16-32/h2-4,6-9,13,15H,5,10-12,14,16H2,1H3,(H,29,34)(H,30,33). The van der Waals surface area contributed by atoms with Crippen LogP contribution >= 0.6 is 0 Å². The minimum absolute atomic E-state index is 0.0685. The summed E-state index contributed by atoms with van der Waals surface area (Å²) in [4.78, 5) is 42.0. The fourth-order valence-electron chi connectivity index (χ4n) is 4.01. The van der Waals surface area contributed by atoms with Gasteiger partial charge in [0.05, 0.1) is 13.0 Å². The van der Waals surface area contributed by atoms with E-state index >= 15 is 0 Å². The van der Waals surface area contributed by atoms with Gasteiger partial charge >= 0.3 is 0 Å². The number of benzene rings is 2. The van der Waals surface area contributed by atoms with E-state index in [4.69, 9.17) is 4.42 Å². The lowest BCUT2D eigenvalue weighted by atomic mass is 10.1. The van der Waals surface area contributed by atoms with E-state index in [1.807, 2.05) is 30.3 Å². The highest BCUT2D eigenvalue weighted by Crippen LogP contribution is 2.29. The zero-order chi connectivity index (χ0) is 25.7. The van der Waals surface area contributed by atoms with Crippen LogP contribution in [0.15, 0.2) is 59.2 Å². The second kappa shape index (κ2) is 10.7. The summed E-state index contributed by atoms with van der Waals surface area (Å²) in [5.74, 6) is -3.91. The highest BCUT2D eigenvalue weighted by atomic mass is 19.3. The number of hydrogen-bond acceptors (Lipinski definition) is 5. The maximum atomic E-state index is 13.7. The molecule has 2 aromatic carbocycles. The van der Waals surface area contributed by atoms with Crippen molar-refractivity contribution in [3.63, 3.8) is 0 Å². The fourth-order valence-corrected chi connectivity index (χ4v) is 4.01. The molecule has 2 heterocycles. The van der Waals surface area contributed by atoms with Gasteiger partial charge < -0.3 is 20.0 Å². The molecule has 1 fully saturated rings. The van der Waals surface area contributed by atoms with Gasteiger partial charge in [-0.25, -0.2) is 13.8 Å². The molecule has 2 N–H and O–H groups in total. The molecule has 1 aromatic heterocycles. The van der Waals surface area contributed by atoms with Gasteiger partial charge in [0.1, 0.15) is 6.26 Å². The molecule has 1 aliphatic heterocycles. The van der Waals surface area contributed by atoms with E-state index in [1.54, 1.807) is 18.2 Å². The highest BCUT2D eigenvalue weighted by molar-refractivity contribution is 5.93. The van der Waals surface area contributed by atoms with E-state index in [1.165, 1.54) is 6.92 Å². The van der Waals surface area contributed by atoms with Gasteiger partial charge in [-0.3, -0.25) is 14.4 Å². The van der Waals surface area contributed by atoms with Crippen molar-refractivity contribution in [3.8, 4) is 11.5 Å². The third-order valence-electron chi connectivity index (χ3n) is 5.75. The number of aromatic nitrogens is 1. The van der Waals surface area contributed by atoms with Crippen LogP contribution in [-0.2, 0) is 22.6 Å². The first-order chi connectivity index (χ1) is 17.2. The van der Waals surface area contributed by atoms with Crippen LogP contribution < -0.4 is 10.6 Å². The summed E-state index contributed by atoms with van der Waals surface area (Å²) < 4.78 is 32.9. The van der Waals surface area contributed by atoms with Crippen molar-refractivity contribution in [3.05, 3.63) is 71.6 Å². The molecule has 0 aliphatic carbocycles. The molecule has 3 aromatic rings. The Morgan fingerprint density at radius 1 is 1.14 bits per heavy atom. The summed E-state index contributed by atoms with van der Waals surface area (Å²) in [5, 5.41) is 5.57. The van der Waals surface area contributed by atoms with Crippen LogP contribution in [0.4, 0.5) is 14.5 Å². The highest BCUT2D eigenvalue weighted by Gasteiger charge is 2.38. The lowest BCUT2D eigenvalue weighted by molar-refractivity contribution is -0.120. The number of nitrogens with one attached hydrogen (secondary N) is 2. The van der Waals surface area contributed by atoms with E-state index in [2.05, 4.69) is 15.6 Å². The van der Waals surface area contributed by atoms with Crippen molar-refractivity contribution >= 4 is 23.4 Å². The normalized spacial score (nSPS) is 14.8. The monoisotopic (exact) mass is 496 g/mol. The molecule has 10 heteroatoms. The van der Waals surface area contributed by atoms with E-state index in [-0.39, 0.29) is 55.8 Å². The smallest absolute Gasteiger partial charge is 0.276 e. The quantitative estimate of drug-likeness (QED) is 0.514. The topological polar surface area (TPSA) is 105 Å². The first kappa shape index (κ1) is 25.0. The Balaban J connectivity index is 1.47. The molecule has 8 nitrogen and oxygen atoms in total. The third-order valence-corrected chi connectivity index (χ3v) is 5.75. The Labute approximate surface area is 206 Å². The van der Waals surface area contributed by atoms with Crippen LogP contribution in [-0.4, -0.2) is 46.6 Å². The zero-order valence-electron chi connectivity index (χ0n) is 19.7. The predicted octanol–water partition coefficient (Wildman–Crippen LogP) is 4.03. The molecule has 0 radical (unpaired) electrons. The molecular formula is C26H26F2N4O4. The number of anilines is 1. The number of carbonyl (C=O) groups excluding carboxylic acids is 3. The Morgan fingerprint density at radius 3 is 2.64 bits per heavy atom. The van der Waals surface area contributed by atoms with Crippen molar-refractivity contribution in [2.45, 2.75) is 38.7 Å². The first-order valence-electron chi connectivity index (χ1n) is 11.5. The van der Waals surface area contributed by atoms with Crippen molar-refractivity contribution in [1.82, 2.24) is 15.2 Å². The summed E-state index contributed by atoms with van der Waals surface area (Å²) in [6, 6.07) is 14.3. The third kappa shape index (κ3) is 6.32. The Hall–Kier alpha value is -4.08. The molecule has 4 rings (SSSR count). The summed E-state index contributed by atoms with van der Waals surface area (Å²) in [6.07, 6.45) is 1.34. The fraction of sp³-hybridized carbons (Fsp3) is 0.308. The number of hydrogen-bond donors (Lipinski definition) is 2. The van der Waals surface area contributed by atoms with E-state index in [0.29, 0.717) is 16.8 Å². The van der Waals surface area contributed by atoms with Gasteiger partial charge in [-0.2, -0.15) is 0 Å². The summed E-state index contributed by atoms with van der Waals surface area (Å²) in [5.41, 5.74) is 2.40. The molecule has 3 amide bonds. The summed E-state index contributed by atoms with van der Waals surface area (Å²) in [6.45, 7) is 1.13. The second-order valence-corrected chi connectivity index (χ2v) is 8.72. The van der Waals surface area contributed by atoms with Crippen molar-refractivity contribution < 1.29 is 27.6 Å². The van der Waals surface area contributed by atoms with E-state index < -0.39 is 18.4 Å². The minimum Gasteiger partial charge on any atom is -0.444 e. The number of rotatable bonds is 7. The van der Waals surface area contributed by atoms with Gasteiger partial charge in [-0.1, -0.05) is 36.4 Å². The molecule has 0 atom stereocenters. The number of likely N-dealkylation sites (tertiary alicyclic amines) is 1. The molecular weight excluding hydrogens is 470 g/mol. The van der Waals surface area contributed by atoms with Crippen LogP contribution in [0.5, 0.6) is 0 Å². The lowest BCUT2D eigenvalue weighted by Crippen LogP contribution is -2.45. The Bertz CT molecular complexity index is 1260. The molecule has 0 spiro atoms. The number of carbonyl (C=O) groups is 3. The van der Waals surface area contributed by atoms with Crippen LogP contribution in [0.1, 0.15) is 41.4 Å². The number of oxazole rings is 1. The molecule has 36 heavy (non-hydrogen) atoms. The first-order valence-corrected chi connectivity index (χ1v) is 11.5. The molecule has 188 valence electrons. The minimum atomic E-state index is -2.92. The molecule has 0 saturated carbocycles. The molecule has 0 unspecified atom stereocenters. The largest absolute Gasteiger partial charge is 0.444 e. The van der Waals surface area contributed by atoms with Crippen molar-refractivity contribution in [2.24, 2.45) is 0 Å². The van der Waals surface area contributed by atoms with Gasteiger partial charge in [0.25, 0.3) is 11.8 Å². The summed E-state index contributed by atoms with van der Waals surface area (Å²) >= 11 is 0. The predicted molar refractivity (Wildman–Crippen MR) is 128 cm³/mol. The zero-order valence-corrected chi connectivity index (χ0v) is 19.7. The SMILES string of the molecule is CC(=O)Nc1cc(-c2nc(C(=O)N3CCCC(F)(F)C3)co2)ccc1CNC(=O)Cc1ccccc1. The van der Waals surface area contributed by atoms with Crippen LogP contribution in [0.3, 0.4) is 0 Å².